The predicted octanol–water partition coefficient (Wildman–Crippen LogP) is 5.76. The zero-order chi connectivity index (χ0) is 31.3. The number of anilines is 2. The quantitative estimate of drug-likeness (QED) is 0.206. The highest BCUT2D eigenvalue weighted by atomic mass is 32.2. The highest BCUT2D eigenvalue weighted by Crippen LogP contribution is 2.28. The van der Waals surface area contributed by atoms with E-state index in [0.29, 0.717) is 41.3 Å². The number of carbonyl (C=O) groups is 1. The van der Waals surface area contributed by atoms with Gasteiger partial charge in [-0.2, -0.15) is 5.10 Å². The molecule has 11 nitrogen and oxygen atoms in total. The number of sulfonamides is 1. The van der Waals surface area contributed by atoms with E-state index in [1.807, 2.05) is 26.8 Å². The maximum Gasteiger partial charge on any atom is 0.324 e. The van der Waals surface area contributed by atoms with E-state index in [4.69, 9.17) is 9.84 Å². The van der Waals surface area contributed by atoms with Crippen molar-refractivity contribution in [3.8, 4) is 17.2 Å². The molecule has 12 heteroatoms. The van der Waals surface area contributed by atoms with Crippen molar-refractivity contribution in [2.24, 2.45) is 0 Å². The van der Waals surface area contributed by atoms with Gasteiger partial charge in [-0.25, -0.2) is 22.6 Å². The van der Waals surface area contributed by atoms with Crippen molar-refractivity contribution in [2.75, 3.05) is 30.8 Å². The Balaban J connectivity index is 1.26. The van der Waals surface area contributed by atoms with Gasteiger partial charge in [-0.3, -0.25) is 10.3 Å². The molecule has 1 aliphatic heterocycles. The van der Waals surface area contributed by atoms with Crippen LogP contribution >= 0.6 is 0 Å². The number of benzene rings is 2. The zero-order valence-corrected chi connectivity index (χ0v) is 26.3. The Morgan fingerprint density at radius 1 is 0.977 bits per heavy atom. The lowest BCUT2D eigenvalue weighted by atomic mass is 9.92. The molecule has 232 valence electrons. The smallest absolute Gasteiger partial charge is 0.324 e. The van der Waals surface area contributed by atoms with Crippen LogP contribution in [0.4, 0.5) is 16.3 Å². The van der Waals surface area contributed by atoms with Gasteiger partial charge >= 0.3 is 6.03 Å². The summed E-state index contributed by atoms with van der Waals surface area (Å²) in [7, 11) is -1.58. The molecule has 0 spiro atoms. The summed E-state index contributed by atoms with van der Waals surface area (Å²) in [6.07, 6.45) is 6.31. The Hall–Kier alpha value is -4.26. The van der Waals surface area contributed by atoms with Crippen molar-refractivity contribution in [3.05, 3.63) is 84.8 Å². The van der Waals surface area contributed by atoms with E-state index in [-0.39, 0.29) is 10.3 Å². The molecular weight excluding hydrogens is 578 g/mol. The maximum atomic E-state index is 13.0. The van der Waals surface area contributed by atoms with Crippen molar-refractivity contribution >= 4 is 27.6 Å². The molecule has 2 aromatic heterocycles. The van der Waals surface area contributed by atoms with Crippen LogP contribution in [-0.4, -0.2) is 60.3 Å². The Labute approximate surface area is 258 Å². The third-order valence-electron chi connectivity index (χ3n) is 7.55. The number of hydrogen-bond donors (Lipinski definition) is 3. The molecule has 3 N–H and O–H groups in total. The number of likely N-dealkylation sites (tertiary alicyclic amines) is 1. The predicted molar refractivity (Wildman–Crippen MR) is 171 cm³/mol. The van der Waals surface area contributed by atoms with Gasteiger partial charge in [0.05, 0.1) is 16.3 Å². The van der Waals surface area contributed by atoms with Crippen molar-refractivity contribution in [2.45, 2.75) is 56.4 Å². The molecule has 4 aromatic rings. The molecule has 1 unspecified atom stereocenters. The average Bonchev–Trinajstić information content (AvgIpc) is 3.60. The molecule has 1 fully saturated rings. The summed E-state index contributed by atoms with van der Waals surface area (Å²) in [6.45, 7) is 7.53. The lowest BCUT2D eigenvalue weighted by molar-refractivity contribution is 0.262. The van der Waals surface area contributed by atoms with Crippen molar-refractivity contribution in [1.29, 1.82) is 0 Å². The third-order valence-corrected chi connectivity index (χ3v) is 9.03. The van der Waals surface area contributed by atoms with Crippen molar-refractivity contribution in [3.63, 3.8) is 0 Å². The van der Waals surface area contributed by atoms with Crippen LogP contribution in [0.1, 0.15) is 45.7 Å². The topological polar surface area (TPSA) is 130 Å². The second-order valence-electron chi connectivity index (χ2n) is 11.9. The number of aromatic nitrogens is 3. The third kappa shape index (κ3) is 7.81. The average molecular weight is 618 g/mol. The molecular formula is C32H39N7O4S. The molecule has 0 aliphatic carbocycles. The molecule has 44 heavy (non-hydrogen) atoms. The number of rotatable bonds is 10. The minimum Gasteiger partial charge on any atom is -0.457 e. The van der Waals surface area contributed by atoms with E-state index < -0.39 is 16.1 Å². The fourth-order valence-electron chi connectivity index (χ4n) is 5.01. The van der Waals surface area contributed by atoms with E-state index >= 15 is 0 Å². The SMILES string of the molecule is CN1CCCC1CCNS(=O)(=O)c1ccc(-n2nc(C(C)(C)C)cc2NC(=O)Nc2ccc(Oc3ccncc3)cc2)cc1. The molecule has 1 saturated heterocycles. The van der Waals surface area contributed by atoms with Crippen LogP contribution in [0.3, 0.4) is 0 Å². The lowest BCUT2D eigenvalue weighted by Gasteiger charge is -2.19. The fraction of sp³-hybridized carbons (Fsp3) is 0.344. The molecule has 1 atom stereocenters. The number of pyridine rings is 1. The van der Waals surface area contributed by atoms with Crippen molar-refractivity contribution < 1.29 is 17.9 Å². The number of hydrogen-bond acceptors (Lipinski definition) is 7. The van der Waals surface area contributed by atoms with E-state index in [2.05, 4.69) is 32.3 Å². The van der Waals surface area contributed by atoms with Gasteiger partial charge in [0, 0.05) is 42.1 Å². The summed E-state index contributed by atoms with van der Waals surface area (Å²) in [4.78, 5) is 19.4. The first-order valence-electron chi connectivity index (χ1n) is 14.6. The summed E-state index contributed by atoms with van der Waals surface area (Å²) < 4.78 is 36.0. The van der Waals surface area contributed by atoms with Crippen LogP contribution < -0.4 is 20.1 Å². The number of carbonyl (C=O) groups excluding carboxylic acids is 1. The Kier molecular flexibility index (Phi) is 9.33. The highest BCUT2D eigenvalue weighted by Gasteiger charge is 2.23. The number of nitrogens with zero attached hydrogens (tertiary/aromatic N) is 4. The zero-order valence-electron chi connectivity index (χ0n) is 25.4. The first-order chi connectivity index (χ1) is 21.0. The van der Waals surface area contributed by atoms with Gasteiger partial charge in [0.25, 0.3) is 0 Å². The first kappa shape index (κ1) is 31.2. The standard InChI is InChI=1S/C32H39N7O4S/c1-32(2,3)29-22-30(36-31(40)35-23-7-11-26(12-8-23)43-27-16-18-33-19-17-27)39(37-29)25-9-13-28(14-10-25)44(41,42)34-20-15-24-6-5-21-38(24)4/h7-14,16-19,22,24,34H,5-6,15,20-21H2,1-4H3,(H2,35,36,40). The van der Waals surface area contributed by atoms with Gasteiger partial charge in [-0.15, -0.1) is 0 Å². The number of urea groups is 1. The summed E-state index contributed by atoms with van der Waals surface area (Å²) in [5.41, 5.74) is 1.66. The molecule has 5 rings (SSSR count). The molecule has 2 amide bonds. The van der Waals surface area contributed by atoms with Gasteiger partial charge in [-0.1, -0.05) is 20.8 Å². The second kappa shape index (κ2) is 13.2. The molecule has 0 saturated carbocycles. The van der Waals surface area contributed by atoms with Crippen LogP contribution in [0.5, 0.6) is 11.5 Å². The summed E-state index contributed by atoms with van der Waals surface area (Å²) in [5.74, 6) is 1.73. The van der Waals surface area contributed by atoms with Gasteiger partial charge < -0.3 is 15.0 Å². The molecule has 0 radical (unpaired) electrons. The van der Waals surface area contributed by atoms with Crippen LogP contribution in [0.15, 0.2) is 84.0 Å². The van der Waals surface area contributed by atoms with E-state index in [0.717, 1.165) is 31.5 Å². The normalized spacial score (nSPS) is 15.7. The maximum absolute atomic E-state index is 13.0. The number of amides is 2. The van der Waals surface area contributed by atoms with Crippen LogP contribution in [0.25, 0.3) is 5.69 Å². The van der Waals surface area contributed by atoms with E-state index in [1.54, 1.807) is 77.7 Å². The fourth-order valence-corrected chi connectivity index (χ4v) is 6.06. The Morgan fingerprint density at radius 2 is 1.66 bits per heavy atom. The number of ether oxygens (including phenoxy) is 1. The van der Waals surface area contributed by atoms with Gasteiger partial charge in [0.15, 0.2) is 0 Å². The lowest BCUT2D eigenvalue weighted by Crippen LogP contribution is -2.31. The van der Waals surface area contributed by atoms with Gasteiger partial charge in [0.1, 0.15) is 17.3 Å². The van der Waals surface area contributed by atoms with Crippen LogP contribution in [-0.2, 0) is 15.4 Å². The van der Waals surface area contributed by atoms with Crippen LogP contribution in [0.2, 0.25) is 0 Å². The summed E-state index contributed by atoms with van der Waals surface area (Å²) >= 11 is 0. The Morgan fingerprint density at radius 3 is 2.30 bits per heavy atom. The highest BCUT2D eigenvalue weighted by molar-refractivity contribution is 7.89. The largest absolute Gasteiger partial charge is 0.457 e. The Bertz CT molecular complexity index is 1670. The van der Waals surface area contributed by atoms with Crippen molar-refractivity contribution in [1.82, 2.24) is 24.4 Å². The van der Waals surface area contributed by atoms with Gasteiger partial charge in [0.2, 0.25) is 10.0 Å². The molecule has 3 heterocycles. The summed E-state index contributed by atoms with van der Waals surface area (Å²) in [6, 6.07) is 18.8. The number of nitrogens with one attached hydrogen (secondary N) is 3. The minimum absolute atomic E-state index is 0.174. The van der Waals surface area contributed by atoms with Gasteiger partial charge in [-0.05, 0) is 93.5 Å². The van der Waals surface area contributed by atoms with E-state index in [1.165, 1.54) is 0 Å². The summed E-state index contributed by atoms with van der Waals surface area (Å²) in [5, 5.41) is 10.5. The minimum atomic E-state index is -3.66. The monoisotopic (exact) mass is 617 g/mol. The second-order valence-corrected chi connectivity index (χ2v) is 13.7. The van der Waals surface area contributed by atoms with E-state index in [9.17, 15) is 13.2 Å². The molecule has 1 aliphatic rings. The van der Waals surface area contributed by atoms with Crippen LogP contribution in [0, 0.1) is 0 Å². The molecule has 0 bridgehead atoms. The first-order valence-corrected chi connectivity index (χ1v) is 16.1. The molecule has 2 aromatic carbocycles.